The summed E-state index contributed by atoms with van der Waals surface area (Å²) in [6, 6.07) is 7.08. The molecule has 2 aromatic rings. The van der Waals surface area contributed by atoms with Crippen molar-refractivity contribution in [2.24, 2.45) is 0 Å². The van der Waals surface area contributed by atoms with Crippen molar-refractivity contribution >= 4 is 27.5 Å². The average molecular weight is 337 g/mol. The Bertz CT molecular complexity index is 677. The number of nitrogens with zero attached hydrogens (tertiary/aromatic N) is 1. The van der Waals surface area contributed by atoms with E-state index in [0.29, 0.717) is 21.9 Å². The first-order chi connectivity index (χ1) is 9.56. The van der Waals surface area contributed by atoms with E-state index in [4.69, 9.17) is 0 Å². The molecule has 1 aliphatic carbocycles. The molecule has 3 rings (SSSR count). The fraction of sp³-hybridized carbons (Fsp3) is 0.267. The third-order valence-electron chi connectivity index (χ3n) is 3.47. The summed E-state index contributed by atoms with van der Waals surface area (Å²) in [6.45, 7) is 1.83. The van der Waals surface area contributed by atoms with Gasteiger partial charge in [0.25, 0.3) is 5.91 Å². The van der Waals surface area contributed by atoms with Gasteiger partial charge in [-0.05, 0) is 65.5 Å². The van der Waals surface area contributed by atoms with Gasteiger partial charge in [0, 0.05) is 17.9 Å². The molecule has 1 heterocycles. The number of benzene rings is 1. The number of hydrogen-bond acceptors (Lipinski definition) is 1. The Morgan fingerprint density at radius 3 is 2.90 bits per heavy atom. The third kappa shape index (κ3) is 2.50. The number of amides is 1. The molecule has 0 aliphatic heterocycles. The Labute approximate surface area is 124 Å². The quantitative estimate of drug-likeness (QED) is 0.891. The summed E-state index contributed by atoms with van der Waals surface area (Å²) in [5, 5.41) is 2.78. The van der Waals surface area contributed by atoms with Crippen molar-refractivity contribution in [1.82, 2.24) is 4.57 Å². The van der Waals surface area contributed by atoms with E-state index in [1.807, 2.05) is 23.8 Å². The molecule has 1 N–H and O–H groups in total. The van der Waals surface area contributed by atoms with E-state index in [-0.39, 0.29) is 11.7 Å². The van der Waals surface area contributed by atoms with Crippen LogP contribution in [0, 0.1) is 12.7 Å². The van der Waals surface area contributed by atoms with Crippen molar-refractivity contribution in [2.45, 2.75) is 25.8 Å². The molecule has 5 heteroatoms. The second-order valence-corrected chi connectivity index (χ2v) is 5.92. The highest BCUT2D eigenvalue weighted by atomic mass is 79.9. The lowest BCUT2D eigenvalue weighted by atomic mass is 10.2. The molecule has 1 aromatic carbocycles. The maximum Gasteiger partial charge on any atom is 0.272 e. The lowest BCUT2D eigenvalue weighted by Crippen LogP contribution is -2.17. The van der Waals surface area contributed by atoms with Crippen LogP contribution in [0.1, 0.15) is 34.9 Å². The predicted octanol–water partition coefficient (Wildman–Crippen LogP) is 4.29. The van der Waals surface area contributed by atoms with Gasteiger partial charge in [0.1, 0.15) is 11.5 Å². The summed E-state index contributed by atoms with van der Waals surface area (Å²) >= 11 is 3.13. The molecule has 0 unspecified atom stereocenters. The summed E-state index contributed by atoms with van der Waals surface area (Å²) in [5.74, 6) is -0.588. The minimum atomic E-state index is -0.386. The van der Waals surface area contributed by atoms with E-state index in [0.717, 1.165) is 18.4 Å². The molecule has 0 spiro atoms. The highest BCUT2D eigenvalue weighted by Crippen LogP contribution is 2.36. The number of aromatic nitrogens is 1. The Morgan fingerprint density at radius 1 is 1.45 bits per heavy atom. The van der Waals surface area contributed by atoms with Gasteiger partial charge in [-0.25, -0.2) is 4.39 Å². The number of nitrogens with one attached hydrogen (secondary N) is 1. The molecule has 1 amide bonds. The molecule has 1 saturated carbocycles. The highest BCUT2D eigenvalue weighted by molar-refractivity contribution is 9.10. The number of carbonyl (C=O) groups is 1. The Balaban J connectivity index is 1.85. The van der Waals surface area contributed by atoms with Crippen LogP contribution < -0.4 is 5.32 Å². The first-order valence-corrected chi connectivity index (χ1v) is 7.29. The Kier molecular flexibility index (Phi) is 3.38. The molecular weight excluding hydrogens is 323 g/mol. The van der Waals surface area contributed by atoms with E-state index in [1.165, 1.54) is 6.07 Å². The summed E-state index contributed by atoms with van der Waals surface area (Å²) in [5.41, 5.74) is 1.94. The normalized spacial score (nSPS) is 14.3. The van der Waals surface area contributed by atoms with Gasteiger partial charge in [0.15, 0.2) is 0 Å². The Morgan fingerprint density at radius 2 is 2.20 bits per heavy atom. The van der Waals surface area contributed by atoms with Crippen LogP contribution in [0.15, 0.2) is 34.9 Å². The number of aryl methyl sites for hydroxylation is 1. The molecule has 1 aromatic heterocycles. The van der Waals surface area contributed by atoms with Gasteiger partial charge in [-0.15, -0.1) is 0 Å². The zero-order chi connectivity index (χ0) is 14.3. The highest BCUT2D eigenvalue weighted by Gasteiger charge is 2.26. The Hall–Kier alpha value is -1.62. The lowest BCUT2D eigenvalue weighted by molar-refractivity contribution is 0.101. The largest absolute Gasteiger partial charge is 0.340 e. The lowest BCUT2D eigenvalue weighted by Gasteiger charge is -2.11. The molecule has 3 nitrogen and oxygen atoms in total. The van der Waals surface area contributed by atoms with E-state index >= 15 is 0 Å². The van der Waals surface area contributed by atoms with Gasteiger partial charge in [-0.3, -0.25) is 4.79 Å². The van der Waals surface area contributed by atoms with Crippen LogP contribution in [0.2, 0.25) is 0 Å². The SMILES string of the molecule is Cc1cc(Br)c(F)cc1NC(=O)c1cccn1C1CC1. The second-order valence-electron chi connectivity index (χ2n) is 5.07. The first-order valence-electron chi connectivity index (χ1n) is 6.50. The summed E-state index contributed by atoms with van der Waals surface area (Å²) < 4.78 is 15.9. The first kappa shape index (κ1) is 13.4. The van der Waals surface area contributed by atoms with Crippen LogP contribution in [-0.4, -0.2) is 10.5 Å². The van der Waals surface area contributed by atoms with Gasteiger partial charge in [-0.1, -0.05) is 0 Å². The van der Waals surface area contributed by atoms with Crippen molar-refractivity contribution in [3.8, 4) is 0 Å². The van der Waals surface area contributed by atoms with E-state index < -0.39 is 0 Å². The summed E-state index contributed by atoms with van der Waals surface area (Å²) in [6.07, 6.45) is 4.14. The molecule has 0 bridgehead atoms. The molecule has 1 aliphatic rings. The fourth-order valence-corrected chi connectivity index (χ4v) is 2.68. The second kappa shape index (κ2) is 5.05. The van der Waals surface area contributed by atoms with Crippen LogP contribution in [-0.2, 0) is 0 Å². The number of carbonyl (C=O) groups excluding carboxylic acids is 1. The minimum absolute atomic E-state index is 0.202. The third-order valence-corrected chi connectivity index (χ3v) is 4.08. The molecule has 0 radical (unpaired) electrons. The van der Waals surface area contributed by atoms with Gasteiger partial charge in [0.2, 0.25) is 0 Å². The zero-order valence-electron chi connectivity index (χ0n) is 11.0. The van der Waals surface area contributed by atoms with Gasteiger partial charge >= 0.3 is 0 Å². The predicted molar refractivity (Wildman–Crippen MR) is 79.5 cm³/mol. The number of rotatable bonds is 3. The van der Waals surface area contributed by atoms with Crippen molar-refractivity contribution in [3.63, 3.8) is 0 Å². The van der Waals surface area contributed by atoms with Crippen LogP contribution in [0.5, 0.6) is 0 Å². The summed E-state index contributed by atoms with van der Waals surface area (Å²) in [4.78, 5) is 12.3. The van der Waals surface area contributed by atoms with Gasteiger partial charge in [-0.2, -0.15) is 0 Å². The van der Waals surface area contributed by atoms with Crippen LogP contribution in [0.4, 0.5) is 10.1 Å². The average Bonchev–Trinajstić information content (AvgIpc) is 3.13. The summed E-state index contributed by atoms with van der Waals surface area (Å²) in [7, 11) is 0. The molecule has 1 fully saturated rings. The topological polar surface area (TPSA) is 34.0 Å². The molecular formula is C15H14BrFN2O. The number of anilines is 1. The maximum atomic E-state index is 13.6. The van der Waals surface area contributed by atoms with Crippen LogP contribution in [0.3, 0.4) is 0 Å². The van der Waals surface area contributed by atoms with E-state index in [2.05, 4.69) is 21.2 Å². The van der Waals surface area contributed by atoms with Gasteiger partial charge < -0.3 is 9.88 Å². The number of hydrogen-bond donors (Lipinski definition) is 1. The van der Waals surface area contributed by atoms with Gasteiger partial charge in [0.05, 0.1) is 4.47 Å². The zero-order valence-corrected chi connectivity index (χ0v) is 12.6. The molecule has 0 saturated heterocycles. The van der Waals surface area contributed by atoms with Crippen LogP contribution in [0.25, 0.3) is 0 Å². The van der Waals surface area contributed by atoms with Crippen LogP contribution >= 0.6 is 15.9 Å². The van der Waals surface area contributed by atoms with Crippen molar-refractivity contribution < 1.29 is 9.18 Å². The van der Waals surface area contributed by atoms with E-state index in [1.54, 1.807) is 12.1 Å². The van der Waals surface area contributed by atoms with Crippen molar-refractivity contribution in [3.05, 3.63) is 52.0 Å². The van der Waals surface area contributed by atoms with Crippen molar-refractivity contribution in [1.29, 1.82) is 0 Å². The fourth-order valence-electron chi connectivity index (χ4n) is 2.22. The minimum Gasteiger partial charge on any atom is -0.340 e. The smallest absolute Gasteiger partial charge is 0.272 e. The maximum absolute atomic E-state index is 13.6. The standard InChI is InChI=1S/C15H14BrFN2O/c1-9-7-11(16)12(17)8-13(9)18-15(20)14-3-2-6-19(14)10-4-5-10/h2-3,6-8,10H,4-5H2,1H3,(H,18,20). The molecule has 104 valence electrons. The monoisotopic (exact) mass is 336 g/mol. The molecule has 20 heavy (non-hydrogen) atoms. The van der Waals surface area contributed by atoms with E-state index in [9.17, 15) is 9.18 Å². The number of halogens is 2. The molecule has 0 atom stereocenters. The van der Waals surface area contributed by atoms with Crippen molar-refractivity contribution in [2.75, 3.05) is 5.32 Å².